The molecule has 44 heavy (non-hydrogen) atoms. The maximum atomic E-state index is 12.5. The van der Waals surface area contributed by atoms with Crippen LogP contribution < -0.4 is 0 Å². The number of carbonyl (C=O) groups excluding carboxylic acids is 3. The molecular weight excluding hydrogens is 552 g/mol. The van der Waals surface area contributed by atoms with E-state index in [1.165, 1.54) is 56.9 Å². The summed E-state index contributed by atoms with van der Waals surface area (Å²) in [6.07, 6.45) is 29.6. The smallest absolute Gasteiger partial charge is 0.306 e. The van der Waals surface area contributed by atoms with Crippen LogP contribution in [-0.2, 0) is 35.0 Å². The van der Waals surface area contributed by atoms with Gasteiger partial charge in [0.1, 0.15) is 13.2 Å². The monoisotopic (exact) mass is 604 g/mol. The lowest BCUT2D eigenvalue weighted by atomic mass is 9.88. The summed E-state index contributed by atoms with van der Waals surface area (Å²) < 4.78 is 16.0. The Labute approximate surface area is 265 Å². The maximum absolute atomic E-state index is 12.5. The first-order chi connectivity index (χ1) is 21.5. The number of carbonyl (C=O) groups is 3. The van der Waals surface area contributed by atoms with Crippen molar-refractivity contribution >= 4 is 17.9 Å². The number of unbranched alkanes of at least 4 members (excludes halogenated alkanes) is 5. The van der Waals surface area contributed by atoms with Crippen molar-refractivity contribution in [1.29, 1.82) is 0 Å². The molecular formula is C38H52O6. The van der Waals surface area contributed by atoms with E-state index in [0.717, 1.165) is 24.7 Å². The van der Waals surface area contributed by atoms with Crippen LogP contribution in [0.1, 0.15) is 115 Å². The van der Waals surface area contributed by atoms with Gasteiger partial charge in [-0.15, -0.1) is 24.7 Å². The molecule has 0 N–H and O–H groups in total. The van der Waals surface area contributed by atoms with Crippen molar-refractivity contribution in [3.05, 3.63) is 48.0 Å². The molecule has 1 saturated carbocycles. The van der Waals surface area contributed by atoms with Crippen LogP contribution >= 0.6 is 0 Å². The molecule has 0 saturated heterocycles. The van der Waals surface area contributed by atoms with Gasteiger partial charge in [-0.2, -0.15) is 0 Å². The van der Waals surface area contributed by atoms with E-state index in [2.05, 4.69) is 54.3 Å². The van der Waals surface area contributed by atoms with Gasteiger partial charge in [0.25, 0.3) is 0 Å². The SMILES string of the molecule is C#CCCCC(=O)OCC(COC(=O)CCCC#C)OC(=O)CCC/C=C\C[C@H]1CCCC1CCCCCc1ccccc1. The third kappa shape index (κ3) is 17.6. The highest BCUT2D eigenvalue weighted by Gasteiger charge is 2.25. The summed E-state index contributed by atoms with van der Waals surface area (Å²) in [4.78, 5) is 36.4. The van der Waals surface area contributed by atoms with E-state index in [9.17, 15) is 14.4 Å². The number of ether oxygens (including phenoxy) is 3. The number of terminal acetylenes is 2. The van der Waals surface area contributed by atoms with E-state index in [1.54, 1.807) is 0 Å². The predicted octanol–water partition coefficient (Wildman–Crippen LogP) is 7.93. The van der Waals surface area contributed by atoms with Crippen LogP contribution in [0.25, 0.3) is 0 Å². The van der Waals surface area contributed by atoms with Crippen molar-refractivity contribution in [3.8, 4) is 24.7 Å². The Hall–Kier alpha value is -3.51. The lowest BCUT2D eigenvalue weighted by molar-refractivity contribution is -0.166. The summed E-state index contributed by atoms with van der Waals surface area (Å²) in [5.41, 5.74) is 1.44. The van der Waals surface area contributed by atoms with E-state index in [1.807, 2.05) is 0 Å². The molecule has 1 aliphatic rings. The van der Waals surface area contributed by atoms with Crippen LogP contribution in [0.2, 0.25) is 0 Å². The average Bonchev–Trinajstić information content (AvgIpc) is 3.47. The van der Waals surface area contributed by atoms with Crippen molar-refractivity contribution in [1.82, 2.24) is 0 Å². The van der Waals surface area contributed by atoms with Crippen molar-refractivity contribution in [2.75, 3.05) is 13.2 Å². The van der Waals surface area contributed by atoms with Crippen LogP contribution in [0, 0.1) is 36.5 Å². The third-order valence-corrected chi connectivity index (χ3v) is 8.12. The van der Waals surface area contributed by atoms with Crippen LogP contribution in [0.5, 0.6) is 0 Å². The quantitative estimate of drug-likeness (QED) is 0.0415. The largest absolute Gasteiger partial charge is 0.462 e. The second-order valence-corrected chi connectivity index (χ2v) is 11.7. The van der Waals surface area contributed by atoms with Gasteiger partial charge in [0.15, 0.2) is 6.10 Å². The van der Waals surface area contributed by atoms with Crippen LogP contribution in [0.4, 0.5) is 0 Å². The molecule has 6 nitrogen and oxygen atoms in total. The van der Waals surface area contributed by atoms with Gasteiger partial charge in [0, 0.05) is 32.1 Å². The number of hydrogen-bond donors (Lipinski definition) is 0. The topological polar surface area (TPSA) is 78.9 Å². The average molecular weight is 605 g/mol. The molecule has 1 fully saturated rings. The summed E-state index contributed by atoms with van der Waals surface area (Å²) in [5, 5.41) is 0. The van der Waals surface area contributed by atoms with Crippen LogP contribution in [0.3, 0.4) is 0 Å². The van der Waals surface area contributed by atoms with Gasteiger partial charge in [-0.1, -0.05) is 74.6 Å². The molecule has 0 radical (unpaired) electrons. The van der Waals surface area contributed by atoms with Gasteiger partial charge < -0.3 is 14.2 Å². The van der Waals surface area contributed by atoms with Gasteiger partial charge >= 0.3 is 17.9 Å². The molecule has 0 bridgehead atoms. The molecule has 0 amide bonds. The zero-order valence-corrected chi connectivity index (χ0v) is 26.5. The van der Waals surface area contributed by atoms with Gasteiger partial charge in [-0.25, -0.2) is 0 Å². The summed E-state index contributed by atoms with van der Waals surface area (Å²) in [6, 6.07) is 10.7. The number of esters is 3. The Morgan fingerprint density at radius 1 is 0.773 bits per heavy atom. The second kappa shape index (κ2) is 23.9. The zero-order chi connectivity index (χ0) is 31.7. The number of hydrogen-bond acceptors (Lipinski definition) is 6. The fourth-order valence-electron chi connectivity index (χ4n) is 5.66. The first-order valence-corrected chi connectivity index (χ1v) is 16.6. The fourth-order valence-corrected chi connectivity index (χ4v) is 5.66. The Bertz CT molecular complexity index is 1030. The summed E-state index contributed by atoms with van der Waals surface area (Å²) in [5.74, 6) is 5.30. The second-order valence-electron chi connectivity index (χ2n) is 11.7. The molecule has 6 heteroatoms. The van der Waals surface area contributed by atoms with E-state index in [4.69, 9.17) is 27.1 Å². The number of allylic oxidation sites excluding steroid dienone is 2. The van der Waals surface area contributed by atoms with Crippen LogP contribution in [0.15, 0.2) is 42.5 Å². The minimum atomic E-state index is -0.858. The highest BCUT2D eigenvalue weighted by Crippen LogP contribution is 2.37. The lowest BCUT2D eigenvalue weighted by Gasteiger charge is -2.18. The lowest BCUT2D eigenvalue weighted by Crippen LogP contribution is -2.30. The number of benzene rings is 1. The number of aryl methyl sites for hydroxylation is 1. The van der Waals surface area contributed by atoms with E-state index < -0.39 is 24.0 Å². The maximum Gasteiger partial charge on any atom is 0.306 e. The van der Waals surface area contributed by atoms with Crippen LogP contribution in [-0.4, -0.2) is 37.2 Å². The zero-order valence-electron chi connectivity index (χ0n) is 26.5. The third-order valence-electron chi connectivity index (χ3n) is 8.12. The molecule has 2 atom stereocenters. The molecule has 1 aliphatic carbocycles. The Morgan fingerprint density at radius 3 is 2.07 bits per heavy atom. The molecule has 1 aromatic carbocycles. The molecule has 0 spiro atoms. The molecule has 240 valence electrons. The summed E-state index contributed by atoms with van der Waals surface area (Å²) in [6.45, 7) is -0.346. The normalized spacial score (nSPS) is 16.0. The van der Waals surface area contributed by atoms with Crippen molar-refractivity contribution in [3.63, 3.8) is 0 Å². The first-order valence-electron chi connectivity index (χ1n) is 16.6. The molecule has 2 rings (SSSR count). The minimum absolute atomic E-state index is 0.173. The molecule has 1 unspecified atom stereocenters. The molecule has 0 heterocycles. The highest BCUT2D eigenvalue weighted by atomic mass is 16.6. The molecule has 0 aromatic heterocycles. The van der Waals surface area contributed by atoms with Gasteiger partial charge in [0.2, 0.25) is 0 Å². The van der Waals surface area contributed by atoms with Crippen molar-refractivity contribution < 1.29 is 28.6 Å². The Balaban J connectivity index is 1.64. The predicted molar refractivity (Wildman–Crippen MR) is 174 cm³/mol. The Kier molecular flexibility index (Phi) is 19.9. The highest BCUT2D eigenvalue weighted by molar-refractivity contribution is 5.71. The van der Waals surface area contributed by atoms with Crippen molar-refractivity contribution in [2.24, 2.45) is 11.8 Å². The molecule has 0 aliphatic heterocycles. The van der Waals surface area contributed by atoms with Gasteiger partial charge in [0.05, 0.1) is 0 Å². The van der Waals surface area contributed by atoms with E-state index in [0.29, 0.717) is 32.1 Å². The van der Waals surface area contributed by atoms with E-state index >= 15 is 0 Å². The molecule has 1 aromatic rings. The fraction of sp³-hybridized carbons (Fsp3) is 0.605. The standard InChI is InChI=1S/C38H52O6/c1-3-5-11-27-36(39)42-30-35(31-43-37(40)28-12-6-4-2)44-38(41)29-18-8-7-16-23-33-25-19-26-34(33)24-17-10-15-22-32-20-13-9-14-21-32/h1-2,7,9,13-14,16,20-21,33-35H,5-6,8,10-12,15,17-19,22-31H2/b16-7-/t33-,34?/m0/s1. The Morgan fingerprint density at radius 2 is 1.41 bits per heavy atom. The van der Waals surface area contributed by atoms with E-state index in [-0.39, 0.29) is 32.5 Å². The van der Waals surface area contributed by atoms with Gasteiger partial charge in [-0.05, 0) is 68.8 Å². The van der Waals surface area contributed by atoms with Gasteiger partial charge in [-0.3, -0.25) is 14.4 Å². The summed E-state index contributed by atoms with van der Waals surface area (Å²) >= 11 is 0. The minimum Gasteiger partial charge on any atom is -0.462 e. The first kappa shape index (κ1) is 36.7. The summed E-state index contributed by atoms with van der Waals surface area (Å²) in [7, 11) is 0. The number of rotatable bonds is 23. The van der Waals surface area contributed by atoms with Crippen molar-refractivity contribution in [2.45, 2.75) is 122 Å².